The Kier molecular flexibility index (Phi) is 3.75. The molecular formula is C12H5BrCl2INS. The molecule has 0 N–H and O–H groups in total. The van der Waals surface area contributed by atoms with Crippen molar-refractivity contribution >= 4 is 91.3 Å². The minimum Gasteiger partial charge on any atom is -0.275 e. The van der Waals surface area contributed by atoms with Crippen LogP contribution < -0.4 is 0 Å². The van der Waals surface area contributed by atoms with Crippen LogP contribution in [0.3, 0.4) is 0 Å². The standard InChI is InChI=1S/C12H5BrCl2INS/c13-6-1-2-7-8-4-9(14)10(15)5-12(8)17(18-16)11(7)3-6/h1-5H. The van der Waals surface area contributed by atoms with E-state index in [4.69, 9.17) is 23.2 Å². The Bertz CT molecular complexity index is 772. The van der Waals surface area contributed by atoms with Crippen molar-refractivity contribution in [3.05, 3.63) is 44.8 Å². The van der Waals surface area contributed by atoms with Crippen LogP contribution in [0.1, 0.15) is 0 Å². The maximum Gasteiger partial charge on any atom is 0.0627 e. The highest BCUT2D eigenvalue weighted by Gasteiger charge is 2.13. The molecule has 6 heteroatoms. The van der Waals surface area contributed by atoms with Gasteiger partial charge in [-0.25, -0.2) is 0 Å². The molecule has 3 aromatic rings. The van der Waals surface area contributed by atoms with Crippen LogP contribution in [0, 0.1) is 0 Å². The van der Waals surface area contributed by atoms with E-state index in [2.05, 4.69) is 53.2 Å². The SMILES string of the molecule is Clc1cc2c3ccc(Br)cc3n(SI)c2cc1Cl. The molecule has 92 valence electrons. The first-order valence-corrected chi connectivity index (χ1v) is 9.86. The molecule has 0 aliphatic carbocycles. The first kappa shape index (κ1) is 13.4. The molecule has 0 unspecified atom stereocenters. The summed E-state index contributed by atoms with van der Waals surface area (Å²) in [5.74, 6) is 0. The van der Waals surface area contributed by atoms with Gasteiger partial charge in [0, 0.05) is 45.6 Å². The van der Waals surface area contributed by atoms with Crippen molar-refractivity contribution in [1.82, 2.24) is 3.97 Å². The summed E-state index contributed by atoms with van der Waals surface area (Å²) < 4.78 is 3.21. The van der Waals surface area contributed by atoms with E-state index >= 15 is 0 Å². The second kappa shape index (κ2) is 5.05. The van der Waals surface area contributed by atoms with E-state index in [1.807, 2.05) is 18.2 Å². The molecule has 18 heavy (non-hydrogen) atoms. The number of aromatic nitrogens is 1. The second-order valence-corrected chi connectivity index (χ2v) is 7.22. The van der Waals surface area contributed by atoms with Crippen LogP contribution in [0.2, 0.25) is 10.0 Å². The number of halogens is 4. The summed E-state index contributed by atoms with van der Waals surface area (Å²) in [4.78, 5) is 0. The van der Waals surface area contributed by atoms with E-state index in [0.29, 0.717) is 10.0 Å². The Morgan fingerprint density at radius 1 is 1.00 bits per heavy atom. The van der Waals surface area contributed by atoms with E-state index in [-0.39, 0.29) is 0 Å². The van der Waals surface area contributed by atoms with Crippen molar-refractivity contribution in [2.24, 2.45) is 0 Å². The minimum absolute atomic E-state index is 0.581. The molecule has 1 nitrogen and oxygen atoms in total. The van der Waals surface area contributed by atoms with Gasteiger partial charge in [0.2, 0.25) is 0 Å². The van der Waals surface area contributed by atoms with Crippen LogP contribution in [0.4, 0.5) is 0 Å². The van der Waals surface area contributed by atoms with Gasteiger partial charge >= 0.3 is 0 Å². The molecular weight excluding hydrogens is 468 g/mol. The van der Waals surface area contributed by atoms with Gasteiger partial charge in [0.25, 0.3) is 0 Å². The zero-order chi connectivity index (χ0) is 12.9. The average Bonchev–Trinajstić information content (AvgIpc) is 2.62. The summed E-state index contributed by atoms with van der Waals surface area (Å²) >= 11 is 18.0. The Morgan fingerprint density at radius 2 is 1.67 bits per heavy atom. The molecule has 0 spiro atoms. The second-order valence-electron chi connectivity index (χ2n) is 3.81. The van der Waals surface area contributed by atoms with Crippen molar-refractivity contribution in [3.63, 3.8) is 0 Å². The molecule has 0 saturated heterocycles. The van der Waals surface area contributed by atoms with Gasteiger partial charge in [-0.1, -0.05) is 45.2 Å². The van der Waals surface area contributed by atoms with Gasteiger partial charge in [-0.05, 0) is 24.3 Å². The highest BCUT2D eigenvalue weighted by Crippen LogP contribution is 2.39. The lowest BCUT2D eigenvalue weighted by Gasteiger charge is -2.01. The molecule has 0 radical (unpaired) electrons. The monoisotopic (exact) mass is 471 g/mol. The van der Waals surface area contributed by atoms with E-state index in [9.17, 15) is 0 Å². The van der Waals surface area contributed by atoms with Crippen LogP contribution in [-0.2, 0) is 0 Å². The molecule has 0 saturated carbocycles. The fourth-order valence-electron chi connectivity index (χ4n) is 2.02. The van der Waals surface area contributed by atoms with Gasteiger partial charge in [0.1, 0.15) is 0 Å². The van der Waals surface area contributed by atoms with Gasteiger partial charge in [0.05, 0.1) is 21.1 Å². The lowest BCUT2D eigenvalue weighted by atomic mass is 10.1. The Balaban J connectivity index is 2.57. The highest BCUT2D eigenvalue weighted by atomic mass is 127. The van der Waals surface area contributed by atoms with Crippen molar-refractivity contribution in [2.45, 2.75) is 0 Å². The lowest BCUT2D eigenvalue weighted by Crippen LogP contribution is -1.81. The fourth-order valence-corrected chi connectivity index (χ4v) is 4.42. The zero-order valence-corrected chi connectivity index (χ0v) is 14.8. The normalized spacial score (nSPS) is 11.6. The van der Waals surface area contributed by atoms with Crippen LogP contribution in [-0.4, -0.2) is 3.97 Å². The minimum atomic E-state index is 0.581. The Morgan fingerprint density at radius 3 is 2.39 bits per heavy atom. The predicted octanol–water partition coefficient (Wildman–Crippen LogP) is 6.71. The summed E-state index contributed by atoms with van der Waals surface area (Å²) in [6, 6.07) is 10.1. The topological polar surface area (TPSA) is 4.93 Å². The van der Waals surface area contributed by atoms with E-state index in [0.717, 1.165) is 20.9 Å². The quantitative estimate of drug-likeness (QED) is 0.356. The van der Waals surface area contributed by atoms with E-state index < -0.39 is 0 Å². The summed E-state index contributed by atoms with van der Waals surface area (Å²) in [5.41, 5.74) is 2.23. The van der Waals surface area contributed by atoms with Crippen molar-refractivity contribution in [1.29, 1.82) is 0 Å². The predicted molar refractivity (Wildman–Crippen MR) is 94.2 cm³/mol. The molecule has 0 atom stereocenters. The third kappa shape index (κ3) is 2.06. The number of benzene rings is 2. The molecule has 0 aliphatic rings. The number of nitrogens with zero attached hydrogens (tertiary/aromatic N) is 1. The maximum atomic E-state index is 6.11. The third-order valence-corrected chi connectivity index (χ3v) is 5.72. The summed E-state index contributed by atoms with van der Waals surface area (Å²) in [6.45, 7) is 0. The zero-order valence-electron chi connectivity index (χ0n) is 8.75. The van der Waals surface area contributed by atoms with Crippen LogP contribution >= 0.6 is 69.5 Å². The number of hydrogen-bond donors (Lipinski definition) is 0. The first-order valence-electron chi connectivity index (χ1n) is 4.99. The Labute approximate surface area is 139 Å². The number of fused-ring (bicyclic) bond motifs is 3. The molecule has 0 bridgehead atoms. The van der Waals surface area contributed by atoms with Gasteiger partial charge in [-0.3, -0.25) is 3.97 Å². The molecule has 0 fully saturated rings. The van der Waals surface area contributed by atoms with Gasteiger partial charge in [-0.2, -0.15) is 0 Å². The van der Waals surface area contributed by atoms with E-state index in [1.165, 1.54) is 5.39 Å². The van der Waals surface area contributed by atoms with Crippen molar-refractivity contribution in [3.8, 4) is 0 Å². The Hall–Kier alpha value is 0.380. The average molecular weight is 473 g/mol. The molecule has 1 aromatic heterocycles. The first-order chi connectivity index (χ1) is 8.61. The van der Waals surface area contributed by atoms with E-state index in [1.54, 1.807) is 9.12 Å². The largest absolute Gasteiger partial charge is 0.275 e. The smallest absolute Gasteiger partial charge is 0.0627 e. The highest BCUT2D eigenvalue weighted by molar-refractivity contribution is 14.2. The van der Waals surface area contributed by atoms with Crippen molar-refractivity contribution < 1.29 is 0 Å². The van der Waals surface area contributed by atoms with Gasteiger partial charge < -0.3 is 0 Å². The molecule has 0 amide bonds. The molecule has 3 rings (SSSR count). The summed E-state index contributed by atoms with van der Waals surface area (Å²) in [6.07, 6.45) is 0. The maximum absolute atomic E-state index is 6.11. The van der Waals surface area contributed by atoms with Crippen LogP contribution in [0.5, 0.6) is 0 Å². The molecule has 2 aromatic carbocycles. The van der Waals surface area contributed by atoms with Crippen LogP contribution in [0.25, 0.3) is 21.8 Å². The molecule has 0 aliphatic heterocycles. The third-order valence-electron chi connectivity index (χ3n) is 2.80. The number of hydrogen-bond acceptors (Lipinski definition) is 1. The number of rotatable bonds is 1. The molecule has 1 heterocycles. The summed E-state index contributed by atoms with van der Waals surface area (Å²) in [7, 11) is 1.62. The lowest BCUT2D eigenvalue weighted by molar-refractivity contribution is 1.43. The van der Waals surface area contributed by atoms with Gasteiger partial charge in [-0.15, -0.1) is 0 Å². The fraction of sp³-hybridized carbons (Fsp3) is 0. The van der Waals surface area contributed by atoms with Crippen molar-refractivity contribution in [2.75, 3.05) is 0 Å². The summed E-state index contributed by atoms with van der Waals surface area (Å²) in [5, 5.41) is 3.47. The van der Waals surface area contributed by atoms with Crippen LogP contribution in [0.15, 0.2) is 34.8 Å². The van der Waals surface area contributed by atoms with Gasteiger partial charge in [0.15, 0.2) is 0 Å².